The van der Waals surface area contributed by atoms with Gasteiger partial charge in [-0.05, 0) is 29.8 Å². The van der Waals surface area contributed by atoms with Crippen molar-refractivity contribution in [3.63, 3.8) is 0 Å². The Hall–Kier alpha value is -3.21. The third kappa shape index (κ3) is 2.78. The minimum Gasteiger partial charge on any atom is -0.322 e. The lowest BCUT2D eigenvalue weighted by Crippen LogP contribution is -2.19. The largest absolute Gasteiger partial charge is 0.322 e. The highest BCUT2D eigenvalue weighted by Crippen LogP contribution is 2.20. The number of nitrogens with one attached hydrogen (secondary N) is 2. The molecule has 1 heterocycles. The van der Waals surface area contributed by atoms with Gasteiger partial charge >= 0.3 is 0 Å². The van der Waals surface area contributed by atoms with E-state index in [0.717, 1.165) is 5.56 Å². The van der Waals surface area contributed by atoms with Crippen LogP contribution in [-0.2, 0) is 4.79 Å². The number of hydrogen-bond acceptors (Lipinski definition) is 3. The van der Waals surface area contributed by atoms with Crippen LogP contribution in [0.3, 0.4) is 0 Å². The van der Waals surface area contributed by atoms with Gasteiger partial charge in [0.25, 0.3) is 11.8 Å². The van der Waals surface area contributed by atoms with Crippen molar-refractivity contribution in [3.05, 3.63) is 71.3 Å². The Balaban J connectivity index is 1.73. The first-order chi connectivity index (χ1) is 10.6. The van der Waals surface area contributed by atoms with Gasteiger partial charge in [0, 0.05) is 11.8 Å². The third-order valence-corrected chi connectivity index (χ3v) is 3.23. The molecule has 108 valence electrons. The second kappa shape index (κ2) is 5.65. The number of hydrogen-bond donors (Lipinski definition) is 2. The molecule has 2 N–H and O–H groups in total. The lowest BCUT2D eigenvalue weighted by molar-refractivity contribution is -0.111. The summed E-state index contributed by atoms with van der Waals surface area (Å²) in [5.74, 6) is -1.17. The highest BCUT2D eigenvalue weighted by atomic mass is 16.2. The molecule has 0 atom stereocenters. The lowest BCUT2D eigenvalue weighted by atomic mass is 10.1. The van der Waals surface area contributed by atoms with E-state index in [1.165, 1.54) is 18.2 Å². The maximum Gasteiger partial charge on any atom is 0.259 e. The van der Waals surface area contributed by atoms with E-state index in [4.69, 9.17) is 0 Å². The molecule has 5 nitrogen and oxygen atoms in total. The minimum absolute atomic E-state index is 0.273. The molecule has 0 spiro atoms. The van der Waals surface area contributed by atoms with Crippen molar-refractivity contribution in [2.45, 2.75) is 0 Å². The van der Waals surface area contributed by atoms with Crippen molar-refractivity contribution in [1.29, 1.82) is 0 Å². The number of rotatable bonds is 3. The Morgan fingerprint density at radius 2 is 1.68 bits per heavy atom. The zero-order chi connectivity index (χ0) is 15.5. The molecular formula is C17H12N2O3. The number of fused-ring (bicyclic) bond motifs is 1. The van der Waals surface area contributed by atoms with Gasteiger partial charge < -0.3 is 5.32 Å². The van der Waals surface area contributed by atoms with E-state index in [1.807, 2.05) is 30.3 Å². The van der Waals surface area contributed by atoms with E-state index in [0.29, 0.717) is 11.3 Å². The fraction of sp³-hybridized carbons (Fsp3) is 0. The molecule has 0 saturated carbocycles. The quantitative estimate of drug-likeness (QED) is 0.673. The van der Waals surface area contributed by atoms with E-state index in [1.54, 1.807) is 12.1 Å². The van der Waals surface area contributed by atoms with Crippen LogP contribution in [0.2, 0.25) is 0 Å². The summed E-state index contributed by atoms with van der Waals surface area (Å²) >= 11 is 0. The summed E-state index contributed by atoms with van der Waals surface area (Å²) in [4.78, 5) is 34.9. The van der Waals surface area contributed by atoms with E-state index in [2.05, 4.69) is 10.6 Å². The lowest BCUT2D eigenvalue weighted by Gasteiger charge is -2.03. The molecule has 0 aromatic heterocycles. The summed E-state index contributed by atoms with van der Waals surface area (Å²) in [5.41, 5.74) is 1.97. The van der Waals surface area contributed by atoms with Crippen molar-refractivity contribution < 1.29 is 14.4 Å². The number of anilines is 1. The molecule has 5 heteroatoms. The van der Waals surface area contributed by atoms with Crippen LogP contribution < -0.4 is 10.6 Å². The first-order valence-corrected chi connectivity index (χ1v) is 6.67. The molecule has 0 bridgehead atoms. The molecule has 0 radical (unpaired) electrons. The summed E-state index contributed by atoms with van der Waals surface area (Å²) < 4.78 is 0. The summed E-state index contributed by atoms with van der Waals surface area (Å²) in [5, 5.41) is 4.87. The zero-order valence-electron chi connectivity index (χ0n) is 11.5. The van der Waals surface area contributed by atoms with Crippen molar-refractivity contribution >= 4 is 29.5 Å². The minimum atomic E-state index is -0.448. The maximum absolute atomic E-state index is 11.9. The van der Waals surface area contributed by atoms with Gasteiger partial charge in [-0.2, -0.15) is 0 Å². The van der Waals surface area contributed by atoms with Gasteiger partial charge in [0.1, 0.15) is 0 Å². The van der Waals surface area contributed by atoms with E-state index in [9.17, 15) is 14.4 Å². The van der Waals surface area contributed by atoms with Gasteiger partial charge in [-0.1, -0.05) is 30.3 Å². The predicted molar refractivity (Wildman–Crippen MR) is 82.3 cm³/mol. The van der Waals surface area contributed by atoms with E-state index in [-0.39, 0.29) is 11.5 Å². The number of amides is 3. The fourth-order valence-corrected chi connectivity index (χ4v) is 2.17. The van der Waals surface area contributed by atoms with Gasteiger partial charge in [-0.15, -0.1) is 0 Å². The molecule has 22 heavy (non-hydrogen) atoms. The average molecular weight is 292 g/mol. The Bertz CT molecular complexity index is 795. The van der Waals surface area contributed by atoms with Crippen LogP contribution in [0.1, 0.15) is 26.3 Å². The molecule has 0 fully saturated rings. The second-order valence-electron chi connectivity index (χ2n) is 4.78. The van der Waals surface area contributed by atoms with Crippen LogP contribution in [0.25, 0.3) is 6.08 Å². The van der Waals surface area contributed by atoms with Gasteiger partial charge in [-0.3, -0.25) is 19.7 Å². The molecule has 0 unspecified atom stereocenters. The van der Waals surface area contributed by atoms with Crippen LogP contribution in [0.15, 0.2) is 54.6 Å². The SMILES string of the molecule is O=C(/C=C/c1ccccc1)Nc1ccc2c(c1)C(=O)NC2=O. The number of carbonyl (C=O) groups is 3. The molecule has 1 aliphatic rings. The standard InChI is InChI=1S/C17H12N2O3/c20-15(9-6-11-4-2-1-3-5-11)18-12-7-8-13-14(10-12)17(22)19-16(13)21/h1-10H,(H,18,20)(H,19,21,22)/b9-6+. The monoisotopic (exact) mass is 292 g/mol. The molecule has 3 amide bonds. The number of carbonyl (C=O) groups excluding carboxylic acids is 3. The Labute approximate surface area is 126 Å². The van der Waals surface area contributed by atoms with Crippen LogP contribution in [-0.4, -0.2) is 17.7 Å². The highest BCUT2D eigenvalue weighted by molar-refractivity contribution is 6.22. The number of imide groups is 1. The van der Waals surface area contributed by atoms with Crippen LogP contribution in [0.5, 0.6) is 0 Å². The summed E-state index contributed by atoms with van der Waals surface area (Å²) in [6.07, 6.45) is 3.10. The molecule has 1 aliphatic heterocycles. The van der Waals surface area contributed by atoms with Gasteiger partial charge in [0.15, 0.2) is 0 Å². The molecule has 3 rings (SSSR count). The first kappa shape index (κ1) is 13.8. The van der Waals surface area contributed by atoms with Crippen LogP contribution >= 0.6 is 0 Å². The van der Waals surface area contributed by atoms with Crippen molar-refractivity contribution in [2.24, 2.45) is 0 Å². The van der Waals surface area contributed by atoms with E-state index >= 15 is 0 Å². The summed E-state index contributed by atoms with van der Waals surface area (Å²) in [7, 11) is 0. The number of benzene rings is 2. The second-order valence-corrected chi connectivity index (χ2v) is 4.78. The van der Waals surface area contributed by atoms with E-state index < -0.39 is 11.8 Å². The highest BCUT2D eigenvalue weighted by Gasteiger charge is 2.26. The third-order valence-electron chi connectivity index (χ3n) is 3.23. The Morgan fingerprint density at radius 1 is 0.955 bits per heavy atom. The van der Waals surface area contributed by atoms with Crippen molar-refractivity contribution in [2.75, 3.05) is 5.32 Å². The van der Waals surface area contributed by atoms with Gasteiger partial charge in [0.2, 0.25) is 5.91 Å². The summed E-state index contributed by atoms with van der Waals surface area (Å²) in [6.45, 7) is 0. The molecule has 2 aromatic carbocycles. The maximum atomic E-state index is 11.9. The molecule has 2 aromatic rings. The predicted octanol–water partition coefficient (Wildman–Crippen LogP) is 2.22. The van der Waals surface area contributed by atoms with Crippen molar-refractivity contribution in [3.8, 4) is 0 Å². The van der Waals surface area contributed by atoms with Crippen LogP contribution in [0.4, 0.5) is 5.69 Å². The smallest absolute Gasteiger partial charge is 0.259 e. The molecular weight excluding hydrogens is 280 g/mol. The normalized spacial score (nSPS) is 13.1. The molecule has 0 saturated heterocycles. The fourth-order valence-electron chi connectivity index (χ4n) is 2.17. The van der Waals surface area contributed by atoms with Crippen molar-refractivity contribution in [1.82, 2.24) is 5.32 Å². The van der Waals surface area contributed by atoms with Gasteiger partial charge in [0.05, 0.1) is 11.1 Å². The van der Waals surface area contributed by atoms with Gasteiger partial charge in [-0.25, -0.2) is 0 Å². The average Bonchev–Trinajstić information content (AvgIpc) is 2.81. The van der Waals surface area contributed by atoms with Crippen LogP contribution in [0, 0.1) is 0 Å². The topological polar surface area (TPSA) is 75.3 Å². The first-order valence-electron chi connectivity index (χ1n) is 6.67. The summed E-state index contributed by atoms with van der Waals surface area (Å²) in [6, 6.07) is 14.0. The Kier molecular flexibility index (Phi) is 3.53. The molecule has 0 aliphatic carbocycles. The Morgan fingerprint density at radius 3 is 2.45 bits per heavy atom. The zero-order valence-corrected chi connectivity index (χ0v) is 11.5.